The van der Waals surface area contributed by atoms with Gasteiger partial charge < -0.3 is 14.6 Å². The third-order valence-electron chi connectivity index (χ3n) is 3.34. The maximum absolute atomic E-state index is 11.7. The summed E-state index contributed by atoms with van der Waals surface area (Å²) >= 11 is 0. The molecule has 0 heterocycles. The van der Waals surface area contributed by atoms with Gasteiger partial charge in [-0.25, -0.2) is 0 Å². The Morgan fingerprint density at radius 1 is 1.06 bits per heavy atom. The Hall–Kier alpha value is -1.59. The van der Waals surface area contributed by atoms with E-state index in [0.29, 0.717) is 0 Å². The second-order valence-electron chi connectivity index (χ2n) is 4.18. The van der Waals surface area contributed by atoms with Crippen molar-refractivity contribution in [1.29, 1.82) is 0 Å². The molecule has 96 valence electrons. The Morgan fingerprint density at radius 3 is 1.76 bits per heavy atom. The first-order valence-electron chi connectivity index (χ1n) is 5.37. The van der Waals surface area contributed by atoms with Crippen molar-refractivity contribution in [3.05, 3.63) is 0 Å². The SMILES string of the molecule is COC(=O)C1(C(=O)OC)CCC(C(=O)O)CC1. The summed E-state index contributed by atoms with van der Waals surface area (Å²) in [5.41, 5.74) is -1.32. The van der Waals surface area contributed by atoms with Crippen LogP contribution in [0.2, 0.25) is 0 Å². The number of esters is 2. The topological polar surface area (TPSA) is 89.9 Å². The summed E-state index contributed by atoms with van der Waals surface area (Å²) in [6, 6.07) is 0. The van der Waals surface area contributed by atoms with Gasteiger partial charge in [0, 0.05) is 0 Å². The van der Waals surface area contributed by atoms with Gasteiger partial charge in [-0.05, 0) is 25.7 Å². The van der Waals surface area contributed by atoms with E-state index in [2.05, 4.69) is 9.47 Å². The fourth-order valence-corrected chi connectivity index (χ4v) is 2.24. The lowest BCUT2D eigenvalue weighted by Gasteiger charge is -2.33. The van der Waals surface area contributed by atoms with Crippen molar-refractivity contribution >= 4 is 17.9 Å². The molecule has 0 saturated heterocycles. The molecule has 6 nitrogen and oxygen atoms in total. The van der Waals surface area contributed by atoms with E-state index in [1.165, 1.54) is 14.2 Å². The summed E-state index contributed by atoms with van der Waals surface area (Å²) in [5.74, 6) is -2.69. The molecule has 1 N–H and O–H groups in total. The molecule has 0 aromatic heterocycles. The van der Waals surface area contributed by atoms with Crippen molar-refractivity contribution in [3.8, 4) is 0 Å². The highest BCUT2D eigenvalue weighted by Gasteiger charge is 2.51. The minimum Gasteiger partial charge on any atom is -0.481 e. The van der Waals surface area contributed by atoms with Gasteiger partial charge in [0.2, 0.25) is 0 Å². The van der Waals surface area contributed by atoms with E-state index in [1.807, 2.05) is 0 Å². The number of carboxylic acids is 1. The Morgan fingerprint density at radius 2 is 1.47 bits per heavy atom. The maximum Gasteiger partial charge on any atom is 0.323 e. The molecule has 0 aromatic rings. The average Bonchev–Trinajstić information content (AvgIpc) is 2.36. The van der Waals surface area contributed by atoms with Gasteiger partial charge in [0.05, 0.1) is 20.1 Å². The van der Waals surface area contributed by atoms with Crippen LogP contribution < -0.4 is 0 Å². The maximum atomic E-state index is 11.7. The lowest BCUT2D eigenvalue weighted by atomic mass is 9.70. The summed E-state index contributed by atoms with van der Waals surface area (Å²) in [6.45, 7) is 0. The molecule has 17 heavy (non-hydrogen) atoms. The number of carbonyl (C=O) groups excluding carboxylic acids is 2. The number of hydrogen-bond acceptors (Lipinski definition) is 5. The number of methoxy groups -OCH3 is 2. The largest absolute Gasteiger partial charge is 0.481 e. The average molecular weight is 244 g/mol. The van der Waals surface area contributed by atoms with Crippen LogP contribution in [0.3, 0.4) is 0 Å². The van der Waals surface area contributed by atoms with Crippen molar-refractivity contribution in [1.82, 2.24) is 0 Å². The van der Waals surface area contributed by atoms with Gasteiger partial charge in [0.1, 0.15) is 0 Å². The van der Waals surface area contributed by atoms with Crippen LogP contribution in [0.5, 0.6) is 0 Å². The predicted molar refractivity (Wildman–Crippen MR) is 56.1 cm³/mol. The molecule has 0 unspecified atom stereocenters. The van der Waals surface area contributed by atoms with Crippen molar-refractivity contribution < 1.29 is 29.0 Å². The van der Waals surface area contributed by atoms with Crippen LogP contribution in [0.15, 0.2) is 0 Å². The van der Waals surface area contributed by atoms with Crippen molar-refractivity contribution in [2.45, 2.75) is 25.7 Å². The minimum atomic E-state index is -1.32. The number of aliphatic carboxylic acids is 1. The van der Waals surface area contributed by atoms with E-state index in [4.69, 9.17) is 5.11 Å². The highest BCUT2D eigenvalue weighted by atomic mass is 16.5. The third-order valence-corrected chi connectivity index (χ3v) is 3.34. The van der Waals surface area contributed by atoms with Gasteiger partial charge in [0.25, 0.3) is 0 Å². The number of carboxylic acid groups (broad SMARTS) is 1. The minimum absolute atomic E-state index is 0.156. The summed E-state index contributed by atoms with van der Waals surface area (Å²) < 4.78 is 9.25. The van der Waals surface area contributed by atoms with E-state index in [1.54, 1.807) is 0 Å². The van der Waals surface area contributed by atoms with Gasteiger partial charge in [-0.2, -0.15) is 0 Å². The highest BCUT2D eigenvalue weighted by molar-refractivity contribution is 6.00. The zero-order valence-corrected chi connectivity index (χ0v) is 9.89. The first-order chi connectivity index (χ1) is 7.97. The molecule has 1 aliphatic carbocycles. The molecule has 0 atom stereocenters. The van der Waals surface area contributed by atoms with Crippen LogP contribution in [-0.2, 0) is 23.9 Å². The highest BCUT2D eigenvalue weighted by Crippen LogP contribution is 2.41. The molecule has 0 spiro atoms. The lowest BCUT2D eigenvalue weighted by Crippen LogP contribution is -2.44. The van der Waals surface area contributed by atoms with Crippen LogP contribution in [0.1, 0.15) is 25.7 Å². The van der Waals surface area contributed by atoms with Crippen molar-refractivity contribution in [3.63, 3.8) is 0 Å². The molecule has 1 aliphatic rings. The predicted octanol–water partition coefficient (Wildman–Crippen LogP) is 0.594. The number of rotatable bonds is 3. The van der Waals surface area contributed by atoms with E-state index < -0.39 is 29.2 Å². The Balaban J connectivity index is 2.86. The molecule has 0 bridgehead atoms. The smallest absolute Gasteiger partial charge is 0.323 e. The molecule has 1 rings (SSSR count). The molecule has 1 fully saturated rings. The molecule has 6 heteroatoms. The van der Waals surface area contributed by atoms with E-state index >= 15 is 0 Å². The van der Waals surface area contributed by atoms with Crippen LogP contribution in [0.25, 0.3) is 0 Å². The van der Waals surface area contributed by atoms with E-state index in [0.717, 1.165) is 0 Å². The second kappa shape index (κ2) is 5.16. The zero-order chi connectivity index (χ0) is 13.1. The Kier molecular flexibility index (Phi) is 4.09. The fourth-order valence-electron chi connectivity index (χ4n) is 2.24. The van der Waals surface area contributed by atoms with Gasteiger partial charge in [-0.15, -0.1) is 0 Å². The zero-order valence-electron chi connectivity index (χ0n) is 9.89. The number of ether oxygens (including phenoxy) is 2. The summed E-state index contributed by atoms with van der Waals surface area (Å²) in [4.78, 5) is 34.2. The molecule has 0 aliphatic heterocycles. The van der Waals surface area contributed by atoms with E-state index in [-0.39, 0.29) is 25.7 Å². The van der Waals surface area contributed by atoms with Gasteiger partial charge in [-0.1, -0.05) is 0 Å². The lowest BCUT2D eigenvalue weighted by molar-refractivity contribution is -0.174. The first-order valence-corrected chi connectivity index (χ1v) is 5.37. The summed E-state index contributed by atoms with van der Waals surface area (Å²) in [6.07, 6.45) is 0.867. The third kappa shape index (κ3) is 2.40. The van der Waals surface area contributed by atoms with Crippen LogP contribution in [0, 0.1) is 11.3 Å². The normalized spacial score (nSPS) is 19.4. The molecule has 0 radical (unpaired) electrons. The number of hydrogen-bond donors (Lipinski definition) is 1. The van der Waals surface area contributed by atoms with E-state index in [9.17, 15) is 14.4 Å². The molecule has 0 aromatic carbocycles. The van der Waals surface area contributed by atoms with Crippen LogP contribution in [-0.4, -0.2) is 37.2 Å². The fraction of sp³-hybridized carbons (Fsp3) is 0.727. The second-order valence-corrected chi connectivity index (χ2v) is 4.18. The van der Waals surface area contributed by atoms with Crippen LogP contribution in [0.4, 0.5) is 0 Å². The van der Waals surface area contributed by atoms with Gasteiger partial charge >= 0.3 is 17.9 Å². The first kappa shape index (κ1) is 13.5. The molecular formula is C11H16O6. The summed E-state index contributed by atoms with van der Waals surface area (Å²) in [5, 5.41) is 8.87. The Bertz CT molecular complexity index is 309. The van der Waals surface area contributed by atoms with Crippen molar-refractivity contribution in [2.75, 3.05) is 14.2 Å². The van der Waals surface area contributed by atoms with Gasteiger partial charge in [-0.3, -0.25) is 14.4 Å². The Labute approximate surface area is 98.9 Å². The number of carbonyl (C=O) groups is 3. The molecular weight excluding hydrogens is 228 g/mol. The van der Waals surface area contributed by atoms with Gasteiger partial charge in [0.15, 0.2) is 5.41 Å². The monoisotopic (exact) mass is 244 g/mol. The standard InChI is InChI=1S/C11H16O6/c1-16-9(14)11(10(15)17-2)5-3-7(4-6-11)8(12)13/h7H,3-6H2,1-2H3,(H,12,13). The van der Waals surface area contributed by atoms with Crippen LogP contribution >= 0.6 is 0 Å². The molecule has 0 amide bonds. The van der Waals surface area contributed by atoms with Crippen molar-refractivity contribution in [2.24, 2.45) is 11.3 Å². The quantitative estimate of drug-likeness (QED) is 0.577. The molecule has 1 saturated carbocycles. The summed E-state index contributed by atoms with van der Waals surface area (Å²) in [7, 11) is 2.41.